The summed E-state index contributed by atoms with van der Waals surface area (Å²) in [6.07, 6.45) is 2.09. The average molecular weight is 298 g/mol. The van der Waals surface area contributed by atoms with Crippen molar-refractivity contribution in [2.45, 2.75) is 24.9 Å². The lowest BCUT2D eigenvalue weighted by atomic mass is 10.3. The fourth-order valence-corrected chi connectivity index (χ4v) is 2.44. The van der Waals surface area contributed by atoms with Gasteiger partial charge in [0.1, 0.15) is 11.6 Å². The van der Waals surface area contributed by atoms with Gasteiger partial charge in [0.25, 0.3) is 0 Å². The molecule has 0 unspecified atom stereocenters. The summed E-state index contributed by atoms with van der Waals surface area (Å²) in [6.45, 7) is 2.62. The van der Waals surface area contributed by atoms with Crippen LogP contribution in [0.2, 0.25) is 5.02 Å². The van der Waals surface area contributed by atoms with Crippen LogP contribution in [0.15, 0.2) is 29.4 Å². The minimum Gasteiger partial charge on any atom is -0.494 e. The second-order valence-corrected chi connectivity index (χ2v) is 5.56. The van der Waals surface area contributed by atoms with Gasteiger partial charge in [-0.05, 0) is 44.0 Å². The number of thioether (sulfide) groups is 1. The van der Waals surface area contributed by atoms with Crippen LogP contribution in [0.1, 0.15) is 18.7 Å². The Labute approximate surface area is 121 Å². The molecule has 0 aliphatic heterocycles. The normalized spacial score (nSPS) is 10.6. The van der Waals surface area contributed by atoms with Crippen LogP contribution in [0.5, 0.6) is 5.75 Å². The highest BCUT2D eigenvalue weighted by atomic mass is 35.5. The highest BCUT2D eigenvalue weighted by Crippen LogP contribution is 2.17. The van der Waals surface area contributed by atoms with E-state index in [-0.39, 0.29) is 0 Å². The summed E-state index contributed by atoms with van der Waals surface area (Å²) in [5.41, 5.74) is 0. The lowest BCUT2D eigenvalue weighted by Crippen LogP contribution is -1.97. The number of hydrogen-bond donors (Lipinski definition) is 1. The molecule has 0 radical (unpaired) electrons. The van der Waals surface area contributed by atoms with E-state index in [1.165, 1.54) is 0 Å². The Morgan fingerprint density at radius 2 is 2.05 bits per heavy atom. The van der Waals surface area contributed by atoms with Crippen LogP contribution < -0.4 is 4.74 Å². The first-order valence-electron chi connectivity index (χ1n) is 6.14. The van der Waals surface area contributed by atoms with Crippen LogP contribution >= 0.6 is 23.4 Å². The quantitative estimate of drug-likeness (QED) is 0.625. The molecule has 0 aliphatic carbocycles. The van der Waals surface area contributed by atoms with Crippen LogP contribution in [0.25, 0.3) is 0 Å². The molecular formula is C13H16ClN3OS. The minimum atomic E-state index is 0.717. The van der Waals surface area contributed by atoms with Gasteiger partial charge < -0.3 is 4.74 Å². The number of nitrogens with zero attached hydrogens (tertiary/aromatic N) is 2. The van der Waals surface area contributed by atoms with E-state index in [0.717, 1.165) is 47.0 Å². The summed E-state index contributed by atoms with van der Waals surface area (Å²) >= 11 is 7.46. The maximum Gasteiger partial charge on any atom is 0.208 e. The largest absolute Gasteiger partial charge is 0.494 e. The molecule has 0 saturated carbocycles. The number of halogens is 1. The van der Waals surface area contributed by atoms with Crippen molar-refractivity contribution in [3.63, 3.8) is 0 Å². The second kappa shape index (κ2) is 7.40. The van der Waals surface area contributed by atoms with Gasteiger partial charge in [0.15, 0.2) is 0 Å². The zero-order chi connectivity index (χ0) is 13.5. The number of aryl methyl sites for hydroxylation is 1. The molecule has 0 amide bonds. The Morgan fingerprint density at radius 1 is 1.26 bits per heavy atom. The second-order valence-electron chi connectivity index (χ2n) is 4.06. The number of hydrogen-bond acceptors (Lipinski definition) is 4. The molecule has 1 heterocycles. The van der Waals surface area contributed by atoms with Gasteiger partial charge in [0.2, 0.25) is 5.16 Å². The number of nitrogens with one attached hydrogen (secondary N) is 1. The summed E-state index contributed by atoms with van der Waals surface area (Å²) in [4.78, 5) is 4.24. The van der Waals surface area contributed by atoms with E-state index in [9.17, 15) is 0 Å². The number of aromatic nitrogens is 3. The molecule has 1 N–H and O–H groups in total. The van der Waals surface area contributed by atoms with Crippen molar-refractivity contribution < 1.29 is 4.74 Å². The Balaban J connectivity index is 1.56. The smallest absolute Gasteiger partial charge is 0.208 e. The maximum atomic E-state index is 5.80. The van der Waals surface area contributed by atoms with Gasteiger partial charge in [0, 0.05) is 10.8 Å². The van der Waals surface area contributed by atoms with Crippen molar-refractivity contribution >= 4 is 23.4 Å². The molecule has 0 bridgehead atoms. The predicted octanol–water partition coefficient (Wildman–Crippen LogP) is 3.72. The number of H-pyrrole nitrogens is 1. The lowest BCUT2D eigenvalue weighted by molar-refractivity contribution is 0.310. The van der Waals surface area contributed by atoms with Crippen LogP contribution in [0, 0.1) is 6.92 Å². The molecule has 0 aliphatic rings. The maximum absolute atomic E-state index is 5.80. The van der Waals surface area contributed by atoms with E-state index >= 15 is 0 Å². The Morgan fingerprint density at radius 3 is 2.74 bits per heavy atom. The van der Waals surface area contributed by atoms with E-state index in [0.29, 0.717) is 0 Å². The number of benzene rings is 1. The van der Waals surface area contributed by atoms with Crippen molar-refractivity contribution in [2.24, 2.45) is 0 Å². The van der Waals surface area contributed by atoms with Crippen molar-refractivity contribution in [3.8, 4) is 5.75 Å². The zero-order valence-electron chi connectivity index (χ0n) is 10.7. The Bertz CT molecular complexity index is 501. The van der Waals surface area contributed by atoms with Crippen molar-refractivity contribution in [1.82, 2.24) is 15.2 Å². The molecule has 1 aromatic heterocycles. The fraction of sp³-hybridized carbons (Fsp3) is 0.385. The fourth-order valence-electron chi connectivity index (χ4n) is 1.48. The number of ether oxygens (including phenoxy) is 1. The summed E-state index contributed by atoms with van der Waals surface area (Å²) < 4.78 is 5.61. The molecule has 6 heteroatoms. The number of unbranched alkanes of at least 4 members (excludes halogenated alkanes) is 1. The first-order chi connectivity index (χ1) is 9.24. The van der Waals surface area contributed by atoms with Crippen LogP contribution in [0.3, 0.4) is 0 Å². The van der Waals surface area contributed by atoms with Gasteiger partial charge in [-0.2, -0.15) is 0 Å². The molecule has 2 rings (SSSR count). The third-order valence-electron chi connectivity index (χ3n) is 2.43. The lowest BCUT2D eigenvalue weighted by Gasteiger charge is -2.05. The molecule has 19 heavy (non-hydrogen) atoms. The molecule has 0 spiro atoms. The van der Waals surface area contributed by atoms with Gasteiger partial charge in [-0.1, -0.05) is 23.4 Å². The summed E-state index contributed by atoms with van der Waals surface area (Å²) in [5.74, 6) is 2.72. The molecule has 2 aromatic rings. The Kier molecular flexibility index (Phi) is 5.54. The van der Waals surface area contributed by atoms with E-state index in [2.05, 4.69) is 15.2 Å². The van der Waals surface area contributed by atoms with Gasteiger partial charge in [0.05, 0.1) is 6.61 Å². The van der Waals surface area contributed by atoms with Gasteiger partial charge in [-0.3, -0.25) is 5.10 Å². The van der Waals surface area contributed by atoms with Gasteiger partial charge in [-0.15, -0.1) is 5.10 Å². The van der Waals surface area contributed by atoms with Crippen molar-refractivity contribution in [2.75, 3.05) is 12.4 Å². The first-order valence-corrected chi connectivity index (χ1v) is 7.50. The minimum absolute atomic E-state index is 0.717. The molecule has 4 nitrogen and oxygen atoms in total. The van der Waals surface area contributed by atoms with Crippen molar-refractivity contribution in [1.29, 1.82) is 0 Å². The summed E-state index contributed by atoms with van der Waals surface area (Å²) in [5, 5.41) is 8.45. The van der Waals surface area contributed by atoms with Crippen LogP contribution in [0.4, 0.5) is 0 Å². The van der Waals surface area contributed by atoms with E-state index in [1.54, 1.807) is 11.8 Å². The zero-order valence-corrected chi connectivity index (χ0v) is 12.3. The molecule has 0 saturated heterocycles. The molecule has 1 aromatic carbocycles. The van der Waals surface area contributed by atoms with E-state index in [4.69, 9.17) is 16.3 Å². The highest BCUT2D eigenvalue weighted by molar-refractivity contribution is 7.99. The SMILES string of the molecule is Cc1nc(SCCCCOc2ccc(Cl)cc2)n[nH]1. The van der Waals surface area contributed by atoms with E-state index < -0.39 is 0 Å². The molecule has 0 fully saturated rings. The highest BCUT2D eigenvalue weighted by Gasteiger charge is 2.00. The average Bonchev–Trinajstić information content (AvgIpc) is 2.81. The van der Waals surface area contributed by atoms with Crippen LogP contribution in [-0.2, 0) is 0 Å². The third-order valence-corrected chi connectivity index (χ3v) is 3.61. The standard InChI is InChI=1S/C13H16ClN3OS/c1-10-15-13(17-16-10)19-9-3-2-8-18-12-6-4-11(14)5-7-12/h4-7H,2-3,8-9H2,1H3,(H,15,16,17). The predicted molar refractivity (Wildman–Crippen MR) is 78.0 cm³/mol. The summed E-state index contributed by atoms with van der Waals surface area (Å²) in [6, 6.07) is 7.43. The van der Waals surface area contributed by atoms with Crippen molar-refractivity contribution in [3.05, 3.63) is 35.1 Å². The molecular weight excluding hydrogens is 282 g/mol. The first kappa shape index (κ1) is 14.2. The Hall–Kier alpha value is -1.20. The topological polar surface area (TPSA) is 50.8 Å². The third kappa shape index (κ3) is 5.12. The number of aromatic amines is 1. The number of rotatable bonds is 7. The monoisotopic (exact) mass is 297 g/mol. The summed E-state index contributed by atoms with van der Waals surface area (Å²) in [7, 11) is 0. The van der Waals surface area contributed by atoms with Gasteiger partial charge in [-0.25, -0.2) is 4.98 Å². The molecule has 0 atom stereocenters. The molecule has 102 valence electrons. The van der Waals surface area contributed by atoms with Gasteiger partial charge >= 0.3 is 0 Å². The van der Waals surface area contributed by atoms with E-state index in [1.807, 2.05) is 31.2 Å². The van der Waals surface area contributed by atoms with Crippen LogP contribution in [-0.4, -0.2) is 27.5 Å².